The summed E-state index contributed by atoms with van der Waals surface area (Å²) in [6.45, 7) is 2.16. The predicted octanol–water partition coefficient (Wildman–Crippen LogP) is 2.06. The van der Waals surface area contributed by atoms with Gasteiger partial charge in [0.1, 0.15) is 0 Å². The number of hydrogen-bond acceptors (Lipinski definition) is 3. The lowest BCUT2D eigenvalue weighted by Gasteiger charge is -2.11. The van der Waals surface area contributed by atoms with Gasteiger partial charge in [-0.1, -0.05) is 0 Å². The van der Waals surface area contributed by atoms with Gasteiger partial charge in [0.15, 0.2) is 11.5 Å². The fraction of sp³-hybridized carbons (Fsp3) is 0.455. The van der Waals surface area contributed by atoms with Gasteiger partial charge in [0.2, 0.25) is 0 Å². The molecule has 0 radical (unpaired) electrons. The molecule has 0 amide bonds. The summed E-state index contributed by atoms with van der Waals surface area (Å²) < 4.78 is 10.6. The topological polar surface area (TPSA) is 30.5 Å². The third-order valence-corrected chi connectivity index (χ3v) is 2.56. The van der Waals surface area contributed by atoms with Gasteiger partial charge < -0.3 is 14.8 Å². The smallest absolute Gasteiger partial charge is 0.166 e. The van der Waals surface area contributed by atoms with Crippen molar-refractivity contribution in [2.45, 2.75) is 19.4 Å². The van der Waals surface area contributed by atoms with Gasteiger partial charge in [-0.05, 0) is 25.5 Å². The van der Waals surface area contributed by atoms with Crippen LogP contribution in [0.4, 0.5) is 5.69 Å². The van der Waals surface area contributed by atoms with E-state index >= 15 is 0 Å². The molecule has 0 fully saturated rings. The lowest BCUT2D eigenvalue weighted by Crippen LogP contribution is -2.08. The molecule has 0 aromatic heterocycles. The Kier molecular flexibility index (Phi) is 2.23. The Morgan fingerprint density at radius 1 is 1.29 bits per heavy atom. The summed E-state index contributed by atoms with van der Waals surface area (Å²) in [5.74, 6) is 1.67. The van der Waals surface area contributed by atoms with Crippen molar-refractivity contribution in [3.05, 3.63) is 17.7 Å². The third kappa shape index (κ3) is 1.29. The SMILES string of the molecule is COc1ccc2c(c1OC)CC(C)N2. The van der Waals surface area contributed by atoms with Crippen molar-refractivity contribution in [3.8, 4) is 11.5 Å². The van der Waals surface area contributed by atoms with Crippen LogP contribution in [0, 0.1) is 0 Å². The van der Waals surface area contributed by atoms with E-state index in [1.54, 1.807) is 14.2 Å². The van der Waals surface area contributed by atoms with Gasteiger partial charge in [0.05, 0.1) is 14.2 Å². The maximum absolute atomic E-state index is 5.36. The molecule has 1 atom stereocenters. The average Bonchev–Trinajstić information content (AvgIpc) is 2.56. The summed E-state index contributed by atoms with van der Waals surface area (Å²) >= 11 is 0. The second-order valence-corrected chi connectivity index (χ2v) is 3.58. The van der Waals surface area contributed by atoms with Crippen LogP contribution < -0.4 is 14.8 Å². The van der Waals surface area contributed by atoms with Gasteiger partial charge in [-0.25, -0.2) is 0 Å². The van der Waals surface area contributed by atoms with Crippen molar-refractivity contribution >= 4 is 5.69 Å². The Balaban J connectivity index is 2.49. The van der Waals surface area contributed by atoms with Crippen molar-refractivity contribution in [1.29, 1.82) is 0 Å². The molecule has 1 aromatic carbocycles. The fourth-order valence-corrected chi connectivity index (χ4v) is 1.95. The molecule has 0 aliphatic carbocycles. The Hall–Kier alpha value is -1.38. The number of nitrogens with one attached hydrogen (secondary N) is 1. The monoisotopic (exact) mass is 193 g/mol. The van der Waals surface area contributed by atoms with Crippen molar-refractivity contribution < 1.29 is 9.47 Å². The first kappa shape index (κ1) is 9.19. The minimum absolute atomic E-state index is 0.478. The van der Waals surface area contributed by atoms with Crippen molar-refractivity contribution in [1.82, 2.24) is 0 Å². The van der Waals surface area contributed by atoms with Crippen LogP contribution in [-0.4, -0.2) is 20.3 Å². The van der Waals surface area contributed by atoms with Gasteiger partial charge >= 0.3 is 0 Å². The first-order chi connectivity index (χ1) is 6.76. The molecule has 1 aliphatic rings. The van der Waals surface area contributed by atoms with Crippen molar-refractivity contribution in [2.24, 2.45) is 0 Å². The standard InChI is InChI=1S/C11H15NO2/c1-7-6-8-9(12-7)4-5-10(13-2)11(8)14-3/h4-5,7,12H,6H2,1-3H3. The maximum atomic E-state index is 5.36. The van der Waals surface area contributed by atoms with Gasteiger partial charge in [-0.2, -0.15) is 0 Å². The van der Waals surface area contributed by atoms with Crippen LogP contribution in [0.5, 0.6) is 11.5 Å². The van der Waals surface area contributed by atoms with E-state index in [0.717, 1.165) is 23.6 Å². The Bertz CT molecular complexity index is 349. The van der Waals surface area contributed by atoms with E-state index in [0.29, 0.717) is 6.04 Å². The van der Waals surface area contributed by atoms with Crippen LogP contribution in [-0.2, 0) is 6.42 Å². The fourth-order valence-electron chi connectivity index (χ4n) is 1.95. The van der Waals surface area contributed by atoms with E-state index in [4.69, 9.17) is 9.47 Å². The Morgan fingerprint density at radius 2 is 2.07 bits per heavy atom. The van der Waals surface area contributed by atoms with Crippen molar-refractivity contribution in [2.75, 3.05) is 19.5 Å². The summed E-state index contributed by atoms with van der Waals surface area (Å²) in [6.07, 6.45) is 0.996. The van der Waals surface area contributed by atoms with E-state index in [-0.39, 0.29) is 0 Å². The van der Waals surface area contributed by atoms with Gasteiger partial charge in [0.25, 0.3) is 0 Å². The summed E-state index contributed by atoms with van der Waals surface area (Å²) in [5, 5.41) is 3.39. The number of methoxy groups -OCH3 is 2. The number of anilines is 1. The molecule has 0 bridgehead atoms. The van der Waals surface area contributed by atoms with E-state index in [1.807, 2.05) is 12.1 Å². The van der Waals surface area contributed by atoms with E-state index in [9.17, 15) is 0 Å². The summed E-state index contributed by atoms with van der Waals surface area (Å²) in [7, 11) is 3.34. The number of hydrogen-bond donors (Lipinski definition) is 1. The highest BCUT2D eigenvalue weighted by Gasteiger charge is 2.22. The molecular formula is C11H15NO2. The largest absolute Gasteiger partial charge is 0.493 e. The molecule has 3 heteroatoms. The zero-order chi connectivity index (χ0) is 10.1. The molecule has 0 spiro atoms. The molecule has 1 N–H and O–H groups in total. The third-order valence-electron chi connectivity index (χ3n) is 2.56. The van der Waals surface area contributed by atoms with Crippen LogP contribution in [0.15, 0.2) is 12.1 Å². The molecule has 0 saturated carbocycles. The lowest BCUT2D eigenvalue weighted by atomic mass is 10.1. The molecule has 1 heterocycles. The summed E-state index contributed by atoms with van der Waals surface area (Å²) in [4.78, 5) is 0. The molecule has 2 rings (SSSR count). The van der Waals surface area contributed by atoms with Crippen LogP contribution in [0.3, 0.4) is 0 Å². The molecule has 1 aromatic rings. The first-order valence-corrected chi connectivity index (χ1v) is 4.76. The quantitative estimate of drug-likeness (QED) is 0.779. The minimum atomic E-state index is 0.478. The molecule has 3 nitrogen and oxygen atoms in total. The second kappa shape index (κ2) is 3.40. The predicted molar refractivity (Wildman–Crippen MR) is 56.3 cm³/mol. The van der Waals surface area contributed by atoms with Gasteiger partial charge in [0, 0.05) is 17.3 Å². The molecule has 76 valence electrons. The van der Waals surface area contributed by atoms with Crippen LogP contribution in [0.2, 0.25) is 0 Å². The Labute approximate surface area is 84.0 Å². The Morgan fingerprint density at radius 3 is 2.71 bits per heavy atom. The van der Waals surface area contributed by atoms with E-state index in [1.165, 1.54) is 5.56 Å². The molecule has 14 heavy (non-hydrogen) atoms. The average molecular weight is 193 g/mol. The highest BCUT2D eigenvalue weighted by atomic mass is 16.5. The highest BCUT2D eigenvalue weighted by Crippen LogP contribution is 2.40. The maximum Gasteiger partial charge on any atom is 0.166 e. The number of fused-ring (bicyclic) bond motifs is 1. The van der Waals surface area contributed by atoms with Crippen LogP contribution >= 0.6 is 0 Å². The zero-order valence-electron chi connectivity index (χ0n) is 8.76. The molecular weight excluding hydrogens is 178 g/mol. The van der Waals surface area contributed by atoms with Crippen LogP contribution in [0.25, 0.3) is 0 Å². The van der Waals surface area contributed by atoms with Gasteiger partial charge in [-0.3, -0.25) is 0 Å². The zero-order valence-corrected chi connectivity index (χ0v) is 8.76. The normalized spacial score (nSPS) is 18.6. The summed E-state index contributed by atoms with van der Waals surface area (Å²) in [6, 6.07) is 4.45. The minimum Gasteiger partial charge on any atom is -0.493 e. The summed E-state index contributed by atoms with van der Waals surface area (Å²) in [5.41, 5.74) is 2.38. The van der Waals surface area contributed by atoms with E-state index in [2.05, 4.69) is 12.2 Å². The molecule has 1 unspecified atom stereocenters. The van der Waals surface area contributed by atoms with E-state index < -0.39 is 0 Å². The number of rotatable bonds is 2. The van der Waals surface area contributed by atoms with Crippen molar-refractivity contribution in [3.63, 3.8) is 0 Å². The molecule has 0 saturated heterocycles. The number of ether oxygens (including phenoxy) is 2. The number of benzene rings is 1. The van der Waals surface area contributed by atoms with Gasteiger partial charge in [-0.15, -0.1) is 0 Å². The first-order valence-electron chi connectivity index (χ1n) is 4.76. The van der Waals surface area contributed by atoms with Crippen LogP contribution in [0.1, 0.15) is 12.5 Å². The highest BCUT2D eigenvalue weighted by molar-refractivity contribution is 5.66. The molecule has 1 aliphatic heterocycles. The second-order valence-electron chi connectivity index (χ2n) is 3.58. The lowest BCUT2D eigenvalue weighted by molar-refractivity contribution is 0.352.